The molecule has 1 aliphatic rings. The van der Waals surface area contributed by atoms with E-state index in [0.29, 0.717) is 34.0 Å². The molecule has 174 valence electrons. The molecule has 0 spiro atoms. The molecule has 0 amide bonds. The van der Waals surface area contributed by atoms with Crippen LogP contribution in [0, 0.1) is 10.1 Å². The molecule has 1 aromatic carbocycles. The minimum atomic E-state index is -3.57. The number of rotatable bonds is 9. The van der Waals surface area contributed by atoms with E-state index in [2.05, 4.69) is 23.9 Å². The van der Waals surface area contributed by atoms with E-state index >= 15 is 0 Å². The highest BCUT2D eigenvalue weighted by Crippen LogP contribution is 2.47. The van der Waals surface area contributed by atoms with Gasteiger partial charge in [0.25, 0.3) is 5.69 Å². The third kappa shape index (κ3) is 4.31. The average Bonchev–Trinajstić information content (AvgIpc) is 3.46. The first-order valence-corrected chi connectivity index (χ1v) is 13.2. The van der Waals surface area contributed by atoms with Crippen LogP contribution < -0.4 is 0 Å². The summed E-state index contributed by atoms with van der Waals surface area (Å²) in [4.78, 5) is 19.1. The van der Waals surface area contributed by atoms with Crippen LogP contribution in [0.5, 0.6) is 0 Å². The molecule has 33 heavy (non-hydrogen) atoms. The number of fused-ring (bicyclic) bond motifs is 3. The van der Waals surface area contributed by atoms with Crippen molar-refractivity contribution in [3.05, 3.63) is 63.3 Å². The average molecular weight is 489 g/mol. The van der Waals surface area contributed by atoms with E-state index in [9.17, 15) is 18.5 Å². The van der Waals surface area contributed by atoms with E-state index in [1.54, 1.807) is 12.1 Å². The Morgan fingerprint density at radius 2 is 1.88 bits per heavy atom. The van der Waals surface area contributed by atoms with Crippen molar-refractivity contribution >= 4 is 32.6 Å². The maximum atomic E-state index is 12.7. The second-order valence-electron chi connectivity index (χ2n) is 7.58. The van der Waals surface area contributed by atoms with E-state index in [1.807, 2.05) is 22.9 Å². The molecule has 2 aromatic heterocycles. The van der Waals surface area contributed by atoms with Gasteiger partial charge in [-0.1, -0.05) is 19.0 Å². The monoisotopic (exact) mass is 488 g/mol. The Hall–Kier alpha value is -3.02. The molecule has 0 N–H and O–H groups in total. The summed E-state index contributed by atoms with van der Waals surface area (Å²) >= 11 is 1.14. The number of benzene rings is 1. The Kier molecular flexibility index (Phi) is 6.37. The van der Waals surface area contributed by atoms with Crippen LogP contribution in [0.4, 0.5) is 5.69 Å². The van der Waals surface area contributed by atoms with Gasteiger partial charge in [0.2, 0.25) is 0 Å². The van der Waals surface area contributed by atoms with Crippen molar-refractivity contribution in [3.63, 3.8) is 0 Å². The molecule has 0 aliphatic carbocycles. The molecule has 0 bridgehead atoms. The van der Waals surface area contributed by atoms with Crippen LogP contribution in [0.2, 0.25) is 0 Å². The van der Waals surface area contributed by atoms with Gasteiger partial charge in [-0.25, -0.2) is 8.42 Å². The quantitative estimate of drug-likeness (QED) is 0.201. The van der Waals surface area contributed by atoms with Crippen molar-refractivity contribution in [2.45, 2.75) is 18.1 Å². The number of non-ortho nitro benzene ring substituents is 1. The van der Waals surface area contributed by atoms with Crippen LogP contribution in [0.1, 0.15) is 24.4 Å². The summed E-state index contributed by atoms with van der Waals surface area (Å²) in [6.07, 6.45) is 3.01. The van der Waals surface area contributed by atoms with Gasteiger partial charge in [0, 0.05) is 36.7 Å². The highest BCUT2D eigenvalue weighted by Gasteiger charge is 2.35. The van der Waals surface area contributed by atoms with Gasteiger partial charge in [-0.05, 0) is 42.9 Å². The third-order valence-corrected chi connectivity index (χ3v) is 8.57. The van der Waals surface area contributed by atoms with E-state index in [4.69, 9.17) is 4.84 Å². The van der Waals surface area contributed by atoms with Crippen LogP contribution in [-0.2, 0) is 14.7 Å². The summed E-state index contributed by atoms with van der Waals surface area (Å²) in [5.41, 5.74) is 3.12. The normalized spacial score (nSPS) is 14.0. The SMILES string of the molecule is CCN(CC)CCO/N=C1\c2sc(S(C)(=O)=O)c(-c3ccc([N+](=O)[O-])cc3)c2-n2cccc21. The Morgan fingerprint density at radius 1 is 1.18 bits per heavy atom. The van der Waals surface area contributed by atoms with Crippen molar-refractivity contribution in [1.29, 1.82) is 0 Å². The van der Waals surface area contributed by atoms with E-state index in [-0.39, 0.29) is 9.90 Å². The topological polar surface area (TPSA) is 107 Å². The van der Waals surface area contributed by atoms with Gasteiger partial charge in [-0.15, -0.1) is 11.3 Å². The van der Waals surface area contributed by atoms with Crippen LogP contribution in [0.3, 0.4) is 0 Å². The van der Waals surface area contributed by atoms with Crippen molar-refractivity contribution in [3.8, 4) is 16.8 Å². The second kappa shape index (κ2) is 9.08. The first kappa shape index (κ1) is 23.1. The number of thiophene rings is 1. The molecular formula is C22H24N4O5S2. The number of hydrogen-bond donors (Lipinski definition) is 0. The van der Waals surface area contributed by atoms with Crippen LogP contribution >= 0.6 is 11.3 Å². The van der Waals surface area contributed by atoms with Crippen molar-refractivity contribution in [1.82, 2.24) is 9.47 Å². The standard InChI is InChI=1S/C22H24N4O5S2/c1-4-24(5-2)13-14-31-23-19-17-7-6-12-25(17)20-18(22(32-21(19)20)33(3,29)30)15-8-10-16(11-9-15)26(27)28/h6-12H,4-5,13-14H2,1-3H3/b23-19-. The molecule has 0 atom stereocenters. The van der Waals surface area contributed by atoms with Gasteiger partial charge in [0.1, 0.15) is 16.5 Å². The van der Waals surface area contributed by atoms with Gasteiger partial charge in [-0.2, -0.15) is 0 Å². The van der Waals surface area contributed by atoms with Gasteiger partial charge in [0.05, 0.1) is 21.2 Å². The first-order valence-electron chi connectivity index (χ1n) is 10.5. The van der Waals surface area contributed by atoms with Gasteiger partial charge >= 0.3 is 0 Å². The fourth-order valence-corrected chi connectivity index (χ4v) is 6.33. The fourth-order valence-electron chi connectivity index (χ4n) is 3.85. The largest absolute Gasteiger partial charge is 0.394 e. The molecular weight excluding hydrogens is 464 g/mol. The molecule has 4 rings (SSSR count). The number of nitro benzene ring substituents is 1. The van der Waals surface area contributed by atoms with E-state index in [0.717, 1.165) is 42.9 Å². The Labute approximate surface area is 196 Å². The number of hydrogen-bond acceptors (Lipinski definition) is 8. The van der Waals surface area contributed by atoms with Crippen LogP contribution in [-0.4, -0.2) is 61.0 Å². The lowest BCUT2D eigenvalue weighted by Crippen LogP contribution is -2.26. The van der Waals surface area contributed by atoms with Crippen molar-refractivity contribution < 1.29 is 18.2 Å². The number of likely N-dealkylation sites (N-methyl/N-ethyl adjacent to an activating group) is 1. The first-order chi connectivity index (χ1) is 15.8. The summed E-state index contributed by atoms with van der Waals surface area (Å²) in [6.45, 7) is 7.17. The molecule has 0 fully saturated rings. The Balaban J connectivity index is 1.80. The lowest BCUT2D eigenvalue weighted by atomic mass is 10.1. The molecule has 0 radical (unpaired) electrons. The summed E-state index contributed by atoms with van der Waals surface area (Å²) in [7, 11) is -3.57. The number of sulfone groups is 1. The minimum absolute atomic E-state index is 0.0583. The predicted octanol–water partition coefficient (Wildman–Crippen LogP) is 3.94. The van der Waals surface area contributed by atoms with E-state index < -0.39 is 14.8 Å². The number of aromatic nitrogens is 1. The number of nitro groups is 1. The Bertz CT molecular complexity index is 1320. The molecule has 3 aromatic rings. The molecule has 0 saturated carbocycles. The highest BCUT2D eigenvalue weighted by atomic mass is 32.2. The van der Waals surface area contributed by atoms with Gasteiger partial charge in [0.15, 0.2) is 9.84 Å². The number of oxime groups is 1. The molecule has 11 heteroatoms. The minimum Gasteiger partial charge on any atom is -0.394 e. The third-order valence-electron chi connectivity index (χ3n) is 5.55. The molecule has 3 heterocycles. The van der Waals surface area contributed by atoms with Crippen molar-refractivity contribution in [2.75, 3.05) is 32.5 Å². The maximum Gasteiger partial charge on any atom is 0.269 e. The van der Waals surface area contributed by atoms with Crippen molar-refractivity contribution in [2.24, 2.45) is 5.16 Å². The van der Waals surface area contributed by atoms with Crippen LogP contribution in [0.15, 0.2) is 52.0 Å². The summed E-state index contributed by atoms with van der Waals surface area (Å²) in [5.74, 6) is 0. The lowest BCUT2D eigenvalue weighted by Gasteiger charge is -2.16. The number of nitrogens with zero attached hydrogens (tertiary/aromatic N) is 4. The molecule has 0 unspecified atom stereocenters. The summed E-state index contributed by atoms with van der Waals surface area (Å²) in [5, 5.41) is 15.4. The van der Waals surface area contributed by atoms with Gasteiger partial charge < -0.3 is 14.3 Å². The molecule has 0 saturated heterocycles. The smallest absolute Gasteiger partial charge is 0.269 e. The lowest BCUT2D eigenvalue weighted by molar-refractivity contribution is -0.384. The second-order valence-corrected chi connectivity index (χ2v) is 10.8. The van der Waals surface area contributed by atoms with Crippen LogP contribution in [0.25, 0.3) is 16.8 Å². The highest BCUT2D eigenvalue weighted by molar-refractivity contribution is 7.93. The fraction of sp³-hybridized carbons (Fsp3) is 0.318. The Morgan fingerprint density at radius 3 is 2.48 bits per heavy atom. The van der Waals surface area contributed by atoms with Gasteiger partial charge in [-0.3, -0.25) is 10.1 Å². The predicted molar refractivity (Wildman–Crippen MR) is 128 cm³/mol. The zero-order valence-electron chi connectivity index (χ0n) is 18.5. The molecule has 9 nitrogen and oxygen atoms in total. The zero-order chi connectivity index (χ0) is 23.8. The van der Waals surface area contributed by atoms with E-state index in [1.165, 1.54) is 12.1 Å². The summed E-state index contributed by atoms with van der Waals surface area (Å²) < 4.78 is 27.4. The maximum absolute atomic E-state index is 12.7. The molecule has 1 aliphatic heterocycles. The zero-order valence-corrected chi connectivity index (χ0v) is 20.1. The summed E-state index contributed by atoms with van der Waals surface area (Å²) in [6, 6.07) is 9.67.